The Morgan fingerprint density at radius 1 is 0.667 bits per heavy atom. The molecule has 0 aliphatic heterocycles. The molecule has 0 unspecified atom stereocenters. The van der Waals surface area contributed by atoms with Gasteiger partial charge in [0, 0.05) is 23.2 Å². The van der Waals surface area contributed by atoms with Crippen LogP contribution in [0.2, 0.25) is 0 Å². The zero-order valence-electron chi connectivity index (χ0n) is 13.4. The van der Waals surface area contributed by atoms with Gasteiger partial charge >= 0.3 is 0 Å². The first kappa shape index (κ1) is 12.3. The van der Waals surface area contributed by atoms with Crippen molar-refractivity contribution in [1.29, 1.82) is 0 Å². The second kappa shape index (κ2) is 3.85. The van der Waals surface area contributed by atoms with E-state index in [4.69, 9.17) is 9.97 Å². The monoisotopic (exact) mass is 310 g/mol. The molecule has 6 aromatic rings. The molecule has 0 spiro atoms. The second-order valence-corrected chi connectivity index (χ2v) is 6.68. The summed E-state index contributed by atoms with van der Waals surface area (Å²) in [5, 5.41) is 2.32. The lowest BCUT2D eigenvalue weighted by Gasteiger charge is -1.92. The maximum atomic E-state index is 4.86. The van der Waals surface area contributed by atoms with E-state index < -0.39 is 0 Å². The summed E-state index contributed by atoms with van der Waals surface area (Å²) in [7, 11) is 0. The molecule has 24 heavy (non-hydrogen) atoms. The molecule has 0 radical (unpaired) electrons. The number of aryl methyl sites for hydroxylation is 2. The van der Waals surface area contributed by atoms with Gasteiger partial charge in [-0.25, -0.2) is 9.97 Å². The number of benzene rings is 2. The van der Waals surface area contributed by atoms with Gasteiger partial charge in [-0.2, -0.15) is 0 Å². The maximum absolute atomic E-state index is 4.86. The van der Waals surface area contributed by atoms with Crippen molar-refractivity contribution in [3.05, 3.63) is 59.9 Å². The lowest BCUT2D eigenvalue weighted by atomic mass is 10.2. The van der Waals surface area contributed by atoms with Gasteiger partial charge in [0.15, 0.2) is 0 Å². The van der Waals surface area contributed by atoms with Crippen LogP contribution < -0.4 is 0 Å². The molecule has 0 atom stereocenters. The molecule has 4 nitrogen and oxygen atoms in total. The quantitative estimate of drug-likeness (QED) is 0.414. The third-order valence-electron chi connectivity index (χ3n) is 4.98. The molecule has 6 rings (SSSR count). The van der Waals surface area contributed by atoms with Crippen molar-refractivity contribution >= 4 is 44.1 Å². The zero-order valence-corrected chi connectivity index (χ0v) is 13.4. The van der Waals surface area contributed by atoms with Crippen molar-refractivity contribution in [2.45, 2.75) is 13.8 Å². The summed E-state index contributed by atoms with van der Waals surface area (Å²) in [6, 6.07) is 12.8. The highest BCUT2D eigenvalue weighted by atomic mass is 15.1. The third kappa shape index (κ3) is 1.35. The van der Waals surface area contributed by atoms with Gasteiger partial charge in [0.1, 0.15) is 11.3 Å². The fourth-order valence-corrected chi connectivity index (χ4v) is 3.81. The molecule has 0 N–H and O–H groups in total. The first-order chi connectivity index (χ1) is 11.7. The molecule has 4 heterocycles. The van der Waals surface area contributed by atoms with Crippen LogP contribution in [0, 0.1) is 13.8 Å². The molecule has 0 amide bonds. The van der Waals surface area contributed by atoms with Crippen LogP contribution in [0.25, 0.3) is 44.1 Å². The van der Waals surface area contributed by atoms with Crippen molar-refractivity contribution < 1.29 is 0 Å². The molecule has 0 aliphatic rings. The van der Waals surface area contributed by atoms with E-state index in [-0.39, 0.29) is 0 Å². The standard InChI is InChI=1S/C20H14N4/c1-11-3-5-17-15(7-11)21-19-13-10-24-18-6-4-12(2)8-16(18)22-20(24)14(13)9-23(17)19/h3-10H,1-2H3. The van der Waals surface area contributed by atoms with Crippen LogP contribution in [-0.2, 0) is 0 Å². The smallest absolute Gasteiger partial charge is 0.147 e. The van der Waals surface area contributed by atoms with E-state index in [0.29, 0.717) is 0 Å². The molecule has 2 aromatic carbocycles. The van der Waals surface area contributed by atoms with E-state index in [9.17, 15) is 0 Å². The fourth-order valence-electron chi connectivity index (χ4n) is 3.81. The van der Waals surface area contributed by atoms with E-state index in [1.807, 2.05) is 0 Å². The average molecular weight is 310 g/mol. The van der Waals surface area contributed by atoms with Gasteiger partial charge < -0.3 is 0 Å². The van der Waals surface area contributed by atoms with Crippen molar-refractivity contribution in [2.75, 3.05) is 0 Å². The Morgan fingerprint density at radius 3 is 1.58 bits per heavy atom. The van der Waals surface area contributed by atoms with Crippen LogP contribution in [0.3, 0.4) is 0 Å². The minimum absolute atomic E-state index is 1.01. The van der Waals surface area contributed by atoms with E-state index in [0.717, 1.165) is 44.1 Å². The summed E-state index contributed by atoms with van der Waals surface area (Å²) in [5.74, 6) is 0. The fraction of sp³-hybridized carbons (Fsp3) is 0.100. The number of fused-ring (bicyclic) bond motifs is 9. The number of rotatable bonds is 0. The largest absolute Gasteiger partial charge is 0.298 e. The van der Waals surface area contributed by atoms with Gasteiger partial charge in [0.2, 0.25) is 0 Å². The molecular weight excluding hydrogens is 296 g/mol. The third-order valence-corrected chi connectivity index (χ3v) is 4.98. The number of imidazole rings is 2. The first-order valence-corrected chi connectivity index (χ1v) is 8.11. The molecule has 0 bridgehead atoms. The molecule has 0 aliphatic carbocycles. The SMILES string of the molecule is Cc1ccc2c(c1)nc1c3cn4c5ccc(C)cc5nc4c3cn21. The highest BCUT2D eigenvalue weighted by molar-refractivity contribution is 6.09. The van der Waals surface area contributed by atoms with Crippen LogP contribution >= 0.6 is 0 Å². The molecule has 114 valence electrons. The lowest BCUT2D eigenvalue weighted by Crippen LogP contribution is -1.79. The Hall–Kier alpha value is -3.14. The molecule has 0 fully saturated rings. The topological polar surface area (TPSA) is 34.6 Å². The summed E-state index contributed by atoms with van der Waals surface area (Å²) >= 11 is 0. The van der Waals surface area contributed by atoms with Crippen LogP contribution in [0.4, 0.5) is 0 Å². The highest BCUT2D eigenvalue weighted by Gasteiger charge is 2.17. The van der Waals surface area contributed by atoms with Crippen molar-refractivity contribution in [2.24, 2.45) is 0 Å². The Labute approximate surface area is 137 Å². The van der Waals surface area contributed by atoms with Crippen molar-refractivity contribution in [3.8, 4) is 0 Å². The van der Waals surface area contributed by atoms with E-state index in [1.54, 1.807) is 0 Å². The number of hydrogen-bond acceptors (Lipinski definition) is 2. The van der Waals surface area contributed by atoms with Crippen LogP contribution in [0.5, 0.6) is 0 Å². The summed E-state index contributed by atoms with van der Waals surface area (Å²) < 4.78 is 4.37. The van der Waals surface area contributed by atoms with Gasteiger partial charge in [0.05, 0.1) is 22.1 Å². The lowest BCUT2D eigenvalue weighted by molar-refractivity contribution is 1.25. The Morgan fingerprint density at radius 2 is 1.12 bits per heavy atom. The number of aromatic nitrogens is 4. The number of hydrogen-bond donors (Lipinski definition) is 0. The van der Waals surface area contributed by atoms with Gasteiger partial charge in [-0.3, -0.25) is 8.80 Å². The molecule has 0 saturated heterocycles. The Kier molecular flexibility index (Phi) is 1.97. The summed E-state index contributed by atoms with van der Waals surface area (Å²) in [6.45, 7) is 4.20. The van der Waals surface area contributed by atoms with Crippen LogP contribution in [0.1, 0.15) is 11.1 Å². The number of nitrogens with zero attached hydrogens (tertiary/aromatic N) is 4. The summed E-state index contributed by atoms with van der Waals surface area (Å²) in [5.41, 5.74) is 8.88. The average Bonchev–Trinajstić information content (AvgIpc) is 3.23. The zero-order chi connectivity index (χ0) is 16.0. The summed E-state index contributed by atoms with van der Waals surface area (Å²) in [4.78, 5) is 9.71. The predicted octanol–water partition coefficient (Wildman–Crippen LogP) is 4.50. The van der Waals surface area contributed by atoms with Crippen molar-refractivity contribution in [1.82, 2.24) is 18.8 Å². The molecule has 4 heteroatoms. The van der Waals surface area contributed by atoms with Gasteiger partial charge in [0.25, 0.3) is 0 Å². The van der Waals surface area contributed by atoms with Gasteiger partial charge in [-0.05, 0) is 49.2 Å². The van der Waals surface area contributed by atoms with Crippen molar-refractivity contribution in [3.63, 3.8) is 0 Å². The Balaban J connectivity index is 1.80. The maximum Gasteiger partial charge on any atom is 0.147 e. The van der Waals surface area contributed by atoms with Gasteiger partial charge in [-0.1, -0.05) is 12.1 Å². The minimum atomic E-state index is 1.01. The molecule has 0 saturated carbocycles. The van der Waals surface area contributed by atoms with Crippen LogP contribution in [0.15, 0.2) is 48.8 Å². The Bertz CT molecular complexity index is 1310. The van der Waals surface area contributed by atoms with Crippen LogP contribution in [-0.4, -0.2) is 18.8 Å². The van der Waals surface area contributed by atoms with E-state index in [2.05, 4.69) is 71.4 Å². The summed E-state index contributed by atoms with van der Waals surface area (Å²) in [6.07, 6.45) is 4.34. The first-order valence-electron chi connectivity index (χ1n) is 8.11. The predicted molar refractivity (Wildman–Crippen MR) is 97.1 cm³/mol. The highest BCUT2D eigenvalue weighted by Crippen LogP contribution is 2.32. The molecular formula is C20H14N4. The minimum Gasteiger partial charge on any atom is -0.298 e. The second-order valence-electron chi connectivity index (χ2n) is 6.68. The van der Waals surface area contributed by atoms with E-state index in [1.165, 1.54) is 11.1 Å². The van der Waals surface area contributed by atoms with Gasteiger partial charge in [-0.15, -0.1) is 0 Å². The van der Waals surface area contributed by atoms with E-state index >= 15 is 0 Å². The molecule has 4 aromatic heterocycles. The normalized spacial score (nSPS) is 12.6.